The molecule has 5 aromatic carbocycles. The minimum absolute atomic E-state index is 0.185. The lowest BCUT2D eigenvalue weighted by Gasteiger charge is -2.45. The first-order chi connectivity index (χ1) is 23.2. The van der Waals surface area contributed by atoms with E-state index >= 15 is 0 Å². The summed E-state index contributed by atoms with van der Waals surface area (Å²) in [6.07, 6.45) is -2.73. The van der Waals surface area contributed by atoms with Gasteiger partial charge in [-0.3, -0.25) is 0 Å². The molecule has 7 heteroatoms. The zero-order chi connectivity index (χ0) is 32.1. The second-order valence-electron chi connectivity index (χ2n) is 11.2. The van der Waals surface area contributed by atoms with E-state index in [4.69, 9.17) is 23.7 Å². The van der Waals surface area contributed by atoms with Gasteiger partial charge >= 0.3 is 5.97 Å². The highest BCUT2D eigenvalue weighted by atomic mass is 32.2. The molecule has 1 saturated heterocycles. The molecule has 0 N–H and O–H groups in total. The van der Waals surface area contributed by atoms with Crippen molar-refractivity contribution in [1.82, 2.24) is 0 Å². The first-order valence-electron chi connectivity index (χ1n) is 15.8. The van der Waals surface area contributed by atoms with Crippen molar-refractivity contribution in [3.8, 4) is 0 Å². The fraction of sp³-hybridized carbons (Fsp3) is 0.225. The molecule has 240 valence electrons. The summed E-state index contributed by atoms with van der Waals surface area (Å²) in [6.45, 7) is 1.21. The van der Waals surface area contributed by atoms with E-state index in [1.807, 2.05) is 140 Å². The number of benzene rings is 5. The molecular formula is C40H38O6S. The van der Waals surface area contributed by atoms with Crippen molar-refractivity contribution in [2.24, 2.45) is 0 Å². The zero-order valence-electron chi connectivity index (χ0n) is 26.0. The summed E-state index contributed by atoms with van der Waals surface area (Å²) in [5.74, 6) is -0.462. The SMILES string of the molecule is O=C(OC1C(COCc2ccccc2)OC(Sc2ccccc2)C(OCc2ccccc2)C1OCc1ccccc1)c1ccccc1. The number of thioether (sulfide) groups is 1. The maximum absolute atomic E-state index is 13.6. The Balaban J connectivity index is 1.33. The highest BCUT2D eigenvalue weighted by Crippen LogP contribution is 2.38. The Labute approximate surface area is 280 Å². The van der Waals surface area contributed by atoms with Crippen molar-refractivity contribution < 1.29 is 28.5 Å². The van der Waals surface area contributed by atoms with Gasteiger partial charge in [-0.15, -0.1) is 0 Å². The molecule has 0 saturated carbocycles. The average molecular weight is 647 g/mol. The summed E-state index contributed by atoms with van der Waals surface area (Å²) in [5, 5.41) is 0. The van der Waals surface area contributed by atoms with Crippen LogP contribution in [0.25, 0.3) is 0 Å². The monoisotopic (exact) mass is 646 g/mol. The van der Waals surface area contributed by atoms with E-state index in [-0.39, 0.29) is 6.61 Å². The molecule has 0 radical (unpaired) electrons. The van der Waals surface area contributed by atoms with Gasteiger partial charge in [0, 0.05) is 4.90 Å². The molecule has 1 aliphatic rings. The molecule has 6 nitrogen and oxygen atoms in total. The first-order valence-corrected chi connectivity index (χ1v) is 16.7. The number of rotatable bonds is 14. The van der Waals surface area contributed by atoms with Crippen molar-refractivity contribution in [2.45, 2.75) is 54.6 Å². The minimum atomic E-state index is -0.824. The van der Waals surface area contributed by atoms with Gasteiger partial charge in [0.1, 0.15) is 23.7 Å². The number of hydrogen-bond acceptors (Lipinski definition) is 7. The van der Waals surface area contributed by atoms with Crippen LogP contribution in [0.4, 0.5) is 0 Å². The fourth-order valence-corrected chi connectivity index (χ4v) is 6.56. The molecular weight excluding hydrogens is 609 g/mol. The molecule has 5 atom stereocenters. The Hall–Kier alpha value is -4.24. The van der Waals surface area contributed by atoms with E-state index in [0.29, 0.717) is 25.4 Å². The molecule has 1 aliphatic heterocycles. The predicted molar refractivity (Wildman–Crippen MR) is 183 cm³/mol. The van der Waals surface area contributed by atoms with E-state index in [0.717, 1.165) is 21.6 Å². The van der Waals surface area contributed by atoms with Gasteiger partial charge in [-0.2, -0.15) is 0 Å². The summed E-state index contributed by atoms with van der Waals surface area (Å²) in [6, 6.07) is 49.0. The lowest BCUT2D eigenvalue weighted by molar-refractivity contribution is -0.240. The van der Waals surface area contributed by atoms with Gasteiger partial charge in [0.05, 0.1) is 32.0 Å². The van der Waals surface area contributed by atoms with E-state index in [1.165, 1.54) is 0 Å². The van der Waals surface area contributed by atoms with Crippen LogP contribution in [-0.2, 0) is 43.5 Å². The quantitative estimate of drug-likeness (QED) is 0.113. The average Bonchev–Trinajstić information content (AvgIpc) is 3.13. The number of ether oxygens (including phenoxy) is 5. The van der Waals surface area contributed by atoms with Gasteiger partial charge < -0.3 is 23.7 Å². The Bertz CT molecular complexity index is 1620. The molecule has 6 rings (SSSR count). The third-order valence-corrected chi connectivity index (χ3v) is 8.96. The molecule has 0 bridgehead atoms. The fourth-order valence-electron chi connectivity index (χ4n) is 5.42. The Morgan fingerprint density at radius 1 is 0.553 bits per heavy atom. The van der Waals surface area contributed by atoms with Crippen LogP contribution < -0.4 is 0 Å². The largest absolute Gasteiger partial charge is 0.453 e. The van der Waals surface area contributed by atoms with Crippen LogP contribution >= 0.6 is 11.8 Å². The van der Waals surface area contributed by atoms with Crippen molar-refractivity contribution in [2.75, 3.05) is 6.61 Å². The van der Waals surface area contributed by atoms with Gasteiger partial charge in [0.25, 0.3) is 0 Å². The van der Waals surface area contributed by atoms with E-state index < -0.39 is 35.8 Å². The van der Waals surface area contributed by atoms with Crippen molar-refractivity contribution >= 4 is 17.7 Å². The first kappa shape index (κ1) is 32.7. The molecule has 0 aliphatic carbocycles. The molecule has 0 aromatic heterocycles. The third kappa shape index (κ3) is 9.41. The van der Waals surface area contributed by atoms with Gasteiger partial charge in [-0.25, -0.2) is 4.79 Å². The topological polar surface area (TPSA) is 63.2 Å². The van der Waals surface area contributed by atoms with Crippen LogP contribution in [0.5, 0.6) is 0 Å². The maximum Gasteiger partial charge on any atom is 0.338 e. The van der Waals surface area contributed by atoms with E-state index in [9.17, 15) is 4.79 Å². The lowest BCUT2D eigenvalue weighted by atomic mass is 9.98. The number of esters is 1. The molecule has 0 amide bonds. The standard InChI is InChI=1S/C40H38O6S/c41-39(33-22-12-4-13-23-33)46-36-35(29-42-26-30-16-6-1-7-17-30)45-40(47-34-24-14-5-15-25-34)38(44-28-32-20-10-3-11-21-32)37(36)43-27-31-18-8-2-9-19-31/h1-25,35-38,40H,26-29H2. The molecule has 0 spiro atoms. The normalized spacial score (nSPS) is 20.8. The number of carbonyl (C=O) groups excluding carboxylic acids is 1. The summed E-state index contributed by atoms with van der Waals surface area (Å²) < 4.78 is 32.8. The van der Waals surface area contributed by atoms with E-state index in [1.54, 1.807) is 23.9 Å². The lowest BCUT2D eigenvalue weighted by Crippen LogP contribution is -2.60. The summed E-state index contributed by atoms with van der Waals surface area (Å²) in [7, 11) is 0. The van der Waals surface area contributed by atoms with Gasteiger partial charge in [-0.05, 0) is 41.0 Å². The minimum Gasteiger partial charge on any atom is -0.453 e. The molecule has 47 heavy (non-hydrogen) atoms. The Morgan fingerprint density at radius 2 is 1.02 bits per heavy atom. The van der Waals surface area contributed by atoms with Crippen molar-refractivity contribution in [3.63, 3.8) is 0 Å². The maximum atomic E-state index is 13.6. The highest BCUT2D eigenvalue weighted by Gasteiger charge is 2.50. The van der Waals surface area contributed by atoms with Crippen LogP contribution in [0.1, 0.15) is 27.0 Å². The van der Waals surface area contributed by atoms with E-state index in [2.05, 4.69) is 0 Å². The molecule has 1 fully saturated rings. The van der Waals surface area contributed by atoms with Gasteiger partial charge in [0.2, 0.25) is 0 Å². The molecule has 5 aromatic rings. The van der Waals surface area contributed by atoms with Gasteiger partial charge in [-0.1, -0.05) is 139 Å². The predicted octanol–water partition coefficient (Wildman–Crippen LogP) is 8.12. The second kappa shape index (κ2) is 17.1. The molecule has 1 heterocycles. The summed E-state index contributed by atoms with van der Waals surface area (Å²) in [4.78, 5) is 14.6. The van der Waals surface area contributed by atoms with Gasteiger partial charge in [0.15, 0.2) is 6.10 Å². The van der Waals surface area contributed by atoms with Crippen LogP contribution in [0.15, 0.2) is 157 Å². The third-order valence-electron chi connectivity index (χ3n) is 7.80. The van der Waals surface area contributed by atoms with Crippen LogP contribution in [-0.4, -0.2) is 42.4 Å². The van der Waals surface area contributed by atoms with Crippen LogP contribution in [0.3, 0.4) is 0 Å². The zero-order valence-corrected chi connectivity index (χ0v) is 26.8. The van der Waals surface area contributed by atoms with Crippen molar-refractivity contribution in [3.05, 3.63) is 174 Å². The summed E-state index contributed by atoms with van der Waals surface area (Å²) in [5.41, 5.74) is 3.01. The Morgan fingerprint density at radius 3 is 1.57 bits per heavy atom. The van der Waals surface area contributed by atoms with Crippen LogP contribution in [0.2, 0.25) is 0 Å². The second-order valence-corrected chi connectivity index (χ2v) is 12.4. The smallest absolute Gasteiger partial charge is 0.338 e. The highest BCUT2D eigenvalue weighted by molar-refractivity contribution is 7.99. The number of hydrogen-bond donors (Lipinski definition) is 0. The Kier molecular flexibility index (Phi) is 11.9. The molecule has 5 unspecified atom stereocenters. The van der Waals surface area contributed by atoms with Crippen LogP contribution in [0, 0.1) is 0 Å². The summed E-state index contributed by atoms with van der Waals surface area (Å²) >= 11 is 1.56. The van der Waals surface area contributed by atoms with Crippen molar-refractivity contribution in [1.29, 1.82) is 0 Å². The number of carbonyl (C=O) groups is 1.